The molecule has 0 spiro atoms. The smallest absolute Gasteiger partial charge is 0.0894 e. The first-order valence-electron chi connectivity index (χ1n) is 6.62. The Morgan fingerprint density at radius 2 is 0.909 bits per heavy atom. The minimum Gasteiger partial charge on any atom is -0.246 e. The molecule has 112 valence electrons. The Hall–Kier alpha value is -1.79. The molecule has 0 radical (unpaired) electrons. The van der Waals surface area contributed by atoms with Gasteiger partial charge in [0.2, 0.25) is 0 Å². The number of aromatic nitrogens is 2. The van der Waals surface area contributed by atoms with Gasteiger partial charge < -0.3 is 0 Å². The van der Waals surface area contributed by atoms with Gasteiger partial charge in [-0.2, -0.15) is 0 Å². The van der Waals surface area contributed by atoms with E-state index in [9.17, 15) is 0 Å². The van der Waals surface area contributed by atoms with Crippen LogP contribution in [-0.2, 0) is 20.4 Å². The van der Waals surface area contributed by atoms with Crippen molar-refractivity contribution in [2.75, 3.05) is 0 Å². The summed E-state index contributed by atoms with van der Waals surface area (Å²) >= 11 is 0. The van der Waals surface area contributed by atoms with Crippen molar-refractivity contribution in [2.45, 2.75) is 0 Å². The van der Waals surface area contributed by atoms with Crippen LogP contribution in [0.25, 0.3) is 33.2 Å². The predicted molar refractivity (Wildman–Crippen MR) is 89.7 cm³/mol. The minimum atomic E-state index is 0. The van der Waals surface area contributed by atoms with E-state index >= 15 is 0 Å². The van der Waals surface area contributed by atoms with E-state index in [0.717, 1.165) is 33.2 Å². The first-order chi connectivity index (χ1) is 9.90. The van der Waals surface area contributed by atoms with Crippen LogP contribution in [-0.4, -0.2) is 9.97 Å². The molecule has 4 rings (SSSR count). The summed E-state index contributed by atoms with van der Waals surface area (Å²) in [5.74, 6) is 0. The molecular weight excluding hydrogens is 386 g/mol. The number of para-hydroxylation sites is 2. The van der Waals surface area contributed by atoms with E-state index in [1.165, 1.54) is 0 Å². The van der Waals surface area contributed by atoms with E-state index < -0.39 is 0 Å². The first kappa shape index (κ1) is 16.6. The van der Waals surface area contributed by atoms with Gasteiger partial charge in [-0.1, -0.05) is 48.5 Å². The van der Waals surface area contributed by atoms with Crippen molar-refractivity contribution in [3.8, 4) is 11.4 Å². The summed E-state index contributed by atoms with van der Waals surface area (Å²) in [5, 5.41) is 2.30. The van der Waals surface area contributed by atoms with Crippen LogP contribution < -0.4 is 0 Å². The third-order valence-electron chi connectivity index (χ3n) is 3.46. The fourth-order valence-electron chi connectivity index (χ4n) is 2.42. The molecule has 2 nitrogen and oxygen atoms in total. The molecule has 0 N–H and O–H groups in total. The number of hydrogen-bond donors (Lipinski definition) is 0. The van der Waals surface area contributed by atoms with E-state index in [4.69, 9.17) is 0 Å². The topological polar surface area (TPSA) is 25.8 Å². The number of halogens is 1. The van der Waals surface area contributed by atoms with E-state index in [1.54, 1.807) is 0 Å². The molecular formula is C18H13ClN2Pd. The number of rotatable bonds is 1. The fourth-order valence-corrected chi connectivity index (χ4v) is 2.42. The fraction of sp³-hybridized carbons (Fsp3) is 0. The molecule has 0 aliphatic rings. The Morgan fingerprint density at radius 1 is 0.500 bits per heavy atom. The van der Waals surface area contributed by atoms with E-state index in [2.05, 4.69) is 34.2 Å². The van der Waals surface area contributed by atoms with Crippen molar-refractivity contribution in [2.24, 2.45) is 0 Å². The largest absolute Gasteiger partial charge is 0.246 e. The summed E-state index contributed by atoms with van der Waals surface area (Å²) in [4.78, 5) is 9.38. The van der Waals surface area contributed by atoms with Gasteiger partial charge in [-0.25, -0.2) is 9.97 Å². The summed E-state index contributed by atoms with van der Waals surface area (Å²) in [7, 11) is 0. The van der Waals surface area contributed by atoms with Crippen LogP contribution in [0.15, 0.2) is 72.8 Å². The Kier molecular flexibility index (Phi) is 5.26. The van der Waals surface area contributed by atoms with Crippen LogP contribution in [0.5, 0.6) is 0 Å². The SMILES string of the molecule is Cl.[Pd].c1ccc2nc(-c3ccc4ccccc4n3)ccc2c1. The van der Waals surface area contributed by atoms with Gasteiger partial charge in [0.05, 0.1) is 22.4 Å². The maximum absolute atomic E-state index is 4.69. The molecule has 2 heterocycles. The molecule has 0 bridgehead atoms. The Bertz CT molecular complexity index is 847. The molecule has 0 fully saturated rings. The zero-order valence-corrected chi connectivity index (χ0v) is 13.9. The van der Waals surface area contributed by atoms with Gasteiger partial charge in [-0.15, -0.1) is 12.4 Å². The second kappa shape index (κ2) is 6.98. The normalized spacial score (nSPS) is 10.0. The standard InChI is InChI=1S/C18H12N2.ClH.Pd/c1-3-7-15-13(5-1)9-11-17(19-15)18-12-10-14-6-2-4-8-16(14)20-18;;/h1-12H;1H;. The second-order valence-electron chi connectivity index (χ2n) is 4.78. The quantitative estimate of drug-likeness (QED) is 0.427. The van der Waals surface area contributed by atoms with Gasteiger partial charge in [0, 0.05) is 31.2 Å². The van der Waals surface area contributed by atoms with Crippen molar-refractivity contribution in [1.29, 1.82) is 0 Å². The number of hydrogen-bond acceptors (Lipinski definition) is 2. The molecule has 2 aromatic heterocycles. The molecule has 0 aliphatic heterocycles. The van der Waals surface area contributed by atoms with Crippen LogP contribution in [0.1, 0.15) is 0 Å². The number of fused-ring (bicyclic) bond motifs is 2. The van der Waals surface area contributed by atoms with Crippen LogP contribution in [0.4, 0.5) is 0 Å². The zero-order chi connectivity index (χ0) is 13.4. The van der Waals surface area contributed by atoms with Crippen molar-refractivity contribution in [1.82, 2.24) is 9.97 Å². The van der Waals surface area contributed by atoms with Gasteiger partial charge in [-0.05, 0) is 24.3 Å². The van der Waals surface area contributed by atoms with E-state index in [-0.39, 0.29) is 32.8 Å². The van der Waals surface area contributed by atoms with Gasteiger partial charge in [0.25, 0.3) is 0 Å². The number of benzene rings is 2. The van der Waals surface area contributed by atoms with Crippen LogP contribution >= 0.6 is 12.4 Å². The van der Waals surface area contributed by atoms with Gasteiger partial charge in [0.1, 0.15) is 0 Å². The summed E-state index contributed by atoms with van der Waals surface area (Å²) in [6, 6.07) is 24.5. The maximum Gasteiger partial charge on any atom is 0.0894 e. The molecule has 4 aromatic rings. The molecule has 22 heavy (non-hydrogen) atoms. The number of pyridine rings is 2. The van der Waals surface area contributed by atoms with Crippen molar-refractivity contribution >= 4 is 34.2 Å². The van der Waals surface area contributed by atoms with Crippen molar-refractivity contribution in [3.63, 3.8) is 0 Å². The molecule has 0 amide bonds. The van der Waals surface area contributed by atoms with E-state index in [0.29, 0.717) is 0 Å². The minimum absolute atomic E-state index is 0. The van der Waals surface area contributed by atoms with Crippen LogP contribution in [0, 0.1) is 0 Å². The summed E-state index contributed by atoms with van der Waals surface area (Å²) in [5.41, 5.74) is 3.82. The van der Waals surface area contributed by atoms with Crippen molar-refractivity contribution in [3.05, 3.63) is 72.8 Å². The average Bonchev–Trinajstić information content (AvgIpc) is 2.54. The average molecular weight is 399 g/mol. The monoisotopic (exact) mass is 398 g/mol. The Balaban J connectivity index is 0.000000882. The molecule has 0 saturated carbocycles. The van der Waals surface area contributed by atoms with Gasteiger partial charge in [-0.3, -0.25) is 0 Å². The summed E-state index contributed by atoms with van der Waals surface area (Å²) in [6.07, 6.45) is 0. The molecule has 2 aromatic carbocycles. The predicted octanol–water partition coefficient (Wildman–Crippen LogP) is 4.87. The first-order valence-corrected chi connectivity index (χ1v) is 6.62. The Morgan fingerprint density at radius 3 is 1.36 bits per heavy atom. The third-order valence-corrected chi connectivity index (χ3v) is 3.46. The molecule has 0 aliphatic carbocycles. The van der Waals surface area contributed by atoms with Crippen LogP contribution in [0.3, 0.4) is 0 Å². The van der Waals surface area contributed by atoms with Crippen LogP contribution in [0.2, 0.25) is 0 Å². The van der Waals surface area contributed by atoms with Gasteiger partial charge in [0.15, 0.2) is 0 Å². The third kappa shape index (κ3) is 3.03. The molecule has 0 unspecified atom stereocenters. The molecule has 4 heteroatoms. The van der Waals surface area contributed by atoms with Crippen molar-refractivity contribution < 1.29 is 20.4 Å². The molecule has 0 atom stereocenters. The second-order valence-corrected chi connectivity index (χ2v) is 4.78. The summed E-state index contributed by atoms with van der Waals surface area (Å²) in [6.45, 7) is 0. The number of nitrogens with zero attached hydrogens (tertiary/aromatic N) is 2. The summed E-state index contributed by atoms with van der Waals surface area (Å²) < 4.78 is 0. The maximum atomic E-state index is 4.69. The van der Waals surface area contributed by atoms with Gasteiger partial charge >= 0.3 is 0 Å². The Labute approximate surface area is 148 Å². The molecule has 0 saturated heterocycles. The van der Waals surface area contributed by atoms with E-state index in [1.807, 2.05) is 48.5 Å². The zero-order valence-electron chi connectivity index (χ0n) is 11.5.